The van der Waals surface area contributed by atoms with Crippen molar-refractivity contribution in [1.82, 2.24) is 8.87 Å². The molecular weight excluding hydrogens is 441 g/mol. The summed E-state index contributed by atoms with van der Waals surface area (Å²) in [4.78, 5) is 17.8. The molecule has 31 heavy (non-hydrogen) atoms. The number of aromatic nitrogens is 1. The monoisotopic (exact) mass is 463 g/mol. The number of benzene rings is 2. The molecular formula is C21H22FN3O4S2. The van der Waals surface area contributed by atoms with Gasteiger partial charge in [-0.1, -0.05) is 17.4 Å². The van der Waals surface area contributed by atoms with Crippen LogP contribution in [0.3, 0.4) is 0 Å². The first-order valence-corrected chi connectivity index (χ1v) is 12.0. The molecule has 1 saturated heterocycles. The number of ether oxygens (including phenoxy) is 1. The number of aryl methyl sites for hydroxylation is 1. The van der Waals surface area contributed by atoms with Crippen molar-refractivity contribution >= 4 is 37.5 Å². The fraction of sp³-hybridized carbons (Fsp3) is 0.333. The summed E-state index contributed by atoms with van der Waals surface area (Å²) < 4.78 is 48.2. The van der Waals surface area contributed by atoms with Crippen LogP contribution >= 0.6 is 11.3 Å². The van der Waals surface area contributed by atoms with Gasteiger partial charge in [0.15, 0.2) is 4.80 Å². The number of thiazole rings is 1. The average molecular weight is 464 g/mol. The smallest absolute Gasteiger partial charge is 0.251 e. The van der Waals surface area contributed by atoms with Crippen molar-refractivity contribution in [3.05, 3.63) is 53.1 Å². The van der Waals surface area contributed by atoms with Gasteiger partial charge in [-0.15, -0.1) is 0 Å². The number of carbonyl (C=O) groups excluding carboxylic acids is 1. The summed E-state index contributed by atoms with van der Waals surface area (Å²) in [5, 5.41) is 0. The number of methoxy groups -OCH3 is 1. The topological polar surface area (TPSA) is 81.0 Å². The minimum atomic E-state index is -3.71. The molecule has 1 fully saturated rings. The van der Waals surface area contributed by atoms with E-state index in [0.29, 0.717) is 23.4 Å². The molecule has 1 aliphatic rings. The quantitative estimate of drug-likeness (QED) is 0.596. The first-order chi connectivity index (χ1) is 14.8. The lowest BCUT2D eigenvalue weighted by atomic mass is 9.98. The largest absolute Gasteiger partial charge is 0.495 e. The Morgan fingerprint density at radius 1 is 1.16 bits per heavy atom. The Hall–Kier alpha value is -2.56. The zero-order chi connectivity index (χ0) is 22.2. The molecule has 0 unspecified atom stereocenters. The number of hydrogen-bond acceptors (Lipinski definition) is 5. The van der Waals surface area contributed by atoms with Gasteiger partial charge in [0.2, 0.25) is 10.0 Å². The molecule has 1 amide bonds. The minimum absolute atomic E-state index is 0.0506. The van der Waals surface area contributed by atoms with Crippen LogP contribution in [0, 0.1) is 11.7 Å². The van der Waals surface area contributed by atoms with E-state index in [1.54, 1.807) is 7.11 Å². The van der Waals surface area contributed by atoms with Crippen LogP contribution < -0.4 is 9.54 Å². The van der Waals surface area contributed by atoms with E-state index in [1.165, 1.54) is 27.8 Å². The van der Waals surface area contributed by atoms with Crippen LogP contribution in [0.1, 0.15) is 12.8 Å². The van der Waals surface area contributed by atoms with Gasteiger partial charge in [-0.2, -0.15) is 9.30 Å². The molecule has 1 aliphatic heterocycles. The lowest BCUT2D eigenvalue weighted by Gasteiger charge is -2.29. The average Bonchev–Trinajstić information content (AvgIpc) is 3.09. The summed E-state index contributed by atoms with van der Waals surface area (Å²) in [5.74, 6) is -0.368. The van der Waals surface area contributed by atoms with Crippen LogP contribution in [-0.2, 0) is 21.9 Å². The zero-order valence-electron chi connectivity index (χ0n) is 17.1. The summed E-state index contributed by atoms with van der Waals surface area (Å²) in [6.45, 7) is 0.440. The third-order valence-corrected chi connectivity index (χ3v) is 8.48. The maximum atomic E-state index is 13.1. The van der Waals surface area contributed by atoms with E-state index in [9.17, 15) is 17.6 Å². The number of hydrogen-bond donors (Lipinski definition) is 0. The molecule has 3 aromatic rings. The van der Waals surface area contributed by atoms with Gasteiger partial charge in [-0.3, -0.25) is 4.79 Å². The van der Waals surface area contributed by atoms with Crippen LogP contribution in [0.5, 0.6) is 5.75 Å². The molecule has 0 atom stereocenters. The van der Waals surface area contributed by atoms with E-state index in [0.717, 1.165) is 22.3 Å². The molecule has 0 saturated carbocycles. The van der Waals surface area contributed by atoms with E-state index in [1.807, 2.05) is 29.8 Å². The van der Waals surface area contributed by atoms with Crippen molar-refractivity contribution in [2.24, 2.45) is 18.0 Å². The van der Waals surface area contributed by atoms with Gasteiger partial charge in [-0.25, -0.2) is 12.8 Å². The van der Waals surface area contributed by atoms with E-state index in [-0.39, 0.29) is 29.8 Å². The van der Waals surface area contributed by atoms with Gasteiger partial charge in [0.25, 0.3) is 5.91 Å². The molecule has 0 radical (unpaired) electrons. The summed E-state index contributed by atoms with van der Waals surface area (Å²) >= 11 is 1.41. The molecule has 0 N–H and O–H groups in total. The van der Waals surface area contributed by atoms with Crippen molar-refractivity contribution in [1.29, 1.82) is 0 Å². The molecule has 10 heteroatoms. The zero-order valence-corrected chi connectivity index (χ0v) is 18.7. The second-order valence-corrected chi connectivity index (χ2v) is 10.3. The molecule has 7 nitrogen and oxygen atoms in total. The molecule has 0 aliphatic carbocycles. The highest BCUT2D eigenvalue weighted by molar-refractivity contribution is 7.89. The highest BCUT2D eigenvalue weighted by atomic mass is 32.2. The highest BCUT2D eigenvalue weighted by Crippen LogP contribution is 2.27. The maximum absolute atomic E-state index is 13.1. The molecule has 4 rings (SSSR count). The Morgan fingerprint density at radius 2 is 1.84 bits per heavy atom. The molecule has 0 bridgehead atoms. The Morgan fingerprint density at radius 3 is 2.48 bits per heavy atom. The van der Waals surface area contributed by atoms with Crippen molar-refractivity contribution in [3.8, 4) is 5.75 Å². The Labute approximate surface area is 183 Å². The van der Waals surface area contributed by atoms with Crippen LogP contribution in [0.25, 0.3) is 10.2 Å². The lowest BCUT2D eigenvalue weighted by Crippen LogP contribution is -2.40. The number of sulfonamides is 1. The first-order valence-electron chi connectivity index (χ1n) is 9.78. The van der Waals surface area contributed by atoms with Crippen molar-refractivity contribution in [2.45, 2.75) is 17.7 Å². The maximum Gasteiger partial charge on any atom is 0.251 e. The number of rotatable bonds is 4. The van der Waals surface area contributed by atoms with E-state index < -0.39 is 15.8 Å². The number of piperidine rings is 1. The van der Waals surface area contributed by atoms with Crippen LogP contribution in [0.15, 0.2) is 52.4 Å². The molecule has 1 aromatic heterocycles. The van der Waals surface area contributed by atoms with Crippen LogP contribution in [0.4, 0.5) is 4.39 Å². The third kappa shape index (κ3) is 4.15. The Kier molecular flexibility index (Phi) is 5.96. The van der Waals surface area contributed by atoms with E-state index >= 15 is 0 Å². The number of para-hydroxylation sites is 1. The van der Waals surface area contributed by atoms with E-state index in [4.69, 9.17) is 4.74 Å². The second kappa shape index (κ2) is 8.52. The fourth-order valence-electron chi connectivity index (χ4n) is 3.72. The number of nitrogens with zero attached hydrogens (tertiary/aromatic N) is 3. The highest BCUT2D eigenvalue weighted by Gasteiger charge is 2.32. The number of carbonyl (C=O) groups is 1. The van der Waals surface area contributed by atoms with Gasteiger partial charge >= 0.3 is 0 Å². The van der Waals surface area contributed by atoms with Gasteiger partial charge in [0.1, 0.15) is 17.1 Å². The molecule has 164 valence electrons. The predicted octanol–water partition coefficient (Wildman–Crippen LogP) is 2.92. The fourth-order valence-corrected chi connectivity index (χ4v) is 6.24. The lowest BCUT2D eigenvalue weighted by molar-refractivity contribution is -0.122. The van der Waals surface area contributed by atoms with Gasteiger partial charge in [-0.05, 0) is 49.2 Å². The first kappa shape index (κ1) is 21.7. The molecule has 2 aromatic carbocycles. The Balaban J connectivity index is 1.51. The Bertz CT molecular complexity index is 1290. The predicted molar refractivity (Wildman–Crippen MR) is 116 cm³/mol. The van der Waals surface area contributed by atoms with Crippen molar-refractivity contribution in [3.63, 3.8) is 0 Å². The van der Waals surface area contributed by atoms with Crippen molar-refractivity contribution in [2.75, 3.05) is 20.2 Å². The number of fused-ring (bicyclic) bond motifs is 1. The van der Waals surface area contributed by atoms with Gasteiger partial charge < -0.3 is 9.30 Å². The minimum Gasteiger partial charge on any atom is -0.495 e. The summed E-state index contributed by atoms with van der Waals surface area (Å²) in [5.41, 5.74) is 0.877. The third-order valence-electron chi connectivity index (χ3n) is 5.47. The van der Waals surface area contributed by atoms with Crippen LogP contribution in [0.2, 0.25) is 0 Å². The van der Waals surface area contributed by atoms with E-state index in [2.05, 4.69) is 4.99 Å². The summed E-state index contributed by atoms with van der Waals surface area (Å²) in [6.07, 6.45) is 0.779. The standard InChI is InChI=1S/C21H22FN3O4S2/c1-24-19-17(29-2)4-3-5-18(19)30-21(24)23-20(26)14-10-12-25(13-11-14)31(27,28)16-8-6-15(22)7-9-16/h3-9,14H,10-13H2,1-2H3. The molecule has 2 heterocycles. The van der Waals surface area contributed by atoms with Gasteiger partial charge in [0, 0.05) is 26.1 Å². The molecule has 0 spiro atoms. The van der Waals surface area contributed by atoms with Gasteiger partial charge in [0.05, 0.1) is 16.7 Å². The number of amides is 1. The second-order valence-electron chi connectivity index (χ2n) is 7.33. The SMILES string of the molecule is COc1cccc2sc(=NC(=O)C3CCN(S(=O)(=O)c4ccc(F)cc4)CC3)n(C)c12. The summed E-state index contributed by atoms with van der Waals surface area (Å²) in [6, 6.07) is 10.5. The number of halogens is 1. The normalized spacial score (nSPS) is 16.7. The van der Waals surface area contributed by atoms with Crippen molar-refractivity contribution < 1.29 is 22.3 Å². The summed E-state index contributed by atoms with van der Waals surface area (Å²) in [7, 11) is -0.272. The van der Waals surface area contributed by atoms with Crippen LogP contribution in [-0.4, -0.2) is 43.4 Å².